The Balaban J connectivity index is 0.00000320. The number of benzene rings is 1. The lowest BCUT2D eigenvalue weighted by Gasteiger charge is -2.35. The van der Waals surface area contributed by atoms with Crippen LogP contribution in [0.25, 0.3) is 0 Å². The highest BCUT2D eigenvalue weighted by atomic mass is 127. The van der Waals surface area contributed by atoms with Crippen molar-refractivity contribution in [2.24, 2.45) is 4.99 Å². The molecule has 6 nitrogen and oxygen atoms in total. The van der Waals surface area contributed by atoms with Gasteiger partial charge in [0.25, 0.3) is 0 Å². The second kappa shape index (κ2) is 14.1. The fourth-order valence-electron chi connectivity index (χ4n) is 4.44. The summed E-state index contributed by atoms with van der Waals surface area (Å²) in [7, 11) is 3.58. The summed E-state index contributed by atoms with van der Waals surface area (Å²) in [5, 5.41) is 7.07. The molecule has 1 unspecified atom stereocenters. The fourth-order valence-corrected chi connectivity index (χ4v) is 4.44. The number of nitrogens with one attached hydrogen (secondary N) is 2. The monoisotopic (exact) mass is 529 g/mol. The molecule has 1 aromatic carbocycles. The molecule has 2 N–H and O–H groups in total. The number of hydrogen-bond donors (Lipinski definition) is 2. The van der Waals surface area contributed by atoms with Crippen LogP contribution in [0.1, 0.15) is 50.1 Å². The van der Waals surface area contributed by atoms with Crippen LogP contribution in [0.2, 0.25) is 0 Å². The second-order valence-electron chi connectivity index (χ2n) is 8.17. The number of nitrogens with zero attached hydrogens (tertiary/aromatic N) is 3. The van der Waals surface area contributed by atoms with Crippen molar-refractivity contribution in [2.45, 2.75) is 44.6 Å². The number of halogens is 1. The van der Waals surface area contributed by atoms with Crippen LogP contribution < -0.4 is 15.4 Å². The van der Waals surface area contributed by atoms with Crippen LogP contribution in [0, 0.1) is 0 Å². The van der Waals surface area contributed by atoms with E-state index < -0.39 is 0 Å². The Kier molecular flexibility index (Phi) is 11.8. The molecular weight excluding hydrogens is 489 g/mol. The summed E-state index contributed by atoms with van der Waals surface area (Å²) in [4.78, 5) is 9.61. The van der Waals surface area contributed by atoms with Gasteiger partial charge in [-0.2, -0.15) is 0 Å². The van der Waals surface area contributed by atoms with Crippen molar-refractivity contribution < 1.29 is 4.74 Å². The Labute approximate surface area is 199 Å². The zero-order chi connectivity index (χ0) is 20.3. The van der Waals surface area contributed by atoms with Crippen LogP contribution >= 0.6 is 24.0 Å². The van der Waals surface area contributed by atoms with Crippen molar-refractivity contribution in [3.8, 4) is 5.75 Å². The lowest BCUT2D eigenvalue weighted by Crippen LogP contribution is -2.44. The van der Waals surface area contributed by atoms with Crippen molar-refractivity contribution in [3.63, 3.8) is 0 Å². The second-order valence-corrected chi connectivity index (χ2v) is 8.17. The maximum absolute atomic E-state index is 5.34. The van der Waals surface area contributed by atoms with E-state index in [4.69, 9.17) is 4.74 Å². The van der Waals surface area contributed by atoms with E-state index in [1.165, 1.54) is 70.4 Å². The third-order valence-corrected chi connectivity index (χ3v) is 6.16. The van der Waals surface area contributed by atoms with Gasteiger partial charge in [-0.1, -0.05) is 18.6 Å². The van der Waals surface area contributed by atoms with Gasteiger partial charge in [0.2, 0.25) is 0 Å². The Morgan fingerprint density at radius 3 is 2.30 bits per heavy atom. The van der Waals surface area contributed by atoms with E-state index in [0.717, 1.165) is 31.2 Å². The molecule has 0 radical (unpaired) electrons. The first-order chi connectivity index (χ1) is 14.3. The summed E-state index contributed by atoms with van der Waals surface area (Å²) >= 11 is 0. The fraction of sp³-hybridized carbons (Fsp3) is 0.696. The van der Waals surface area contributed by atoms with Crippen LogP contribution in [0.5, 0.6) is 5.75 Å². The Hall–Kier alpha value is -1.06. The zero-order valence-electron chi connectivity index (χ0n) is 18.7. The molecule has 2 aliphatic rings. The van der Waals surface area contributed by atoms with Gasteiger partial charge in [0.1, 0.15) is 5.75 Å². The predicted molar refractivity (Wildman–Crippen MR) is 136 cm³/mol. The molecule has 0 saturated carbocycles. The van der Waals surface area contributed by atoms with Gasteiger partial charge >= 0.3 is 0 Å². The molecule has 2 aliphatic heterocycles. The predicted octanol–water partition coefficient (Wildman–Crippen LogP) is 3.49. The number of piperidine rings is 1. The number of guanidine groups is 1. The molecule has 1 aromatic rings. The van der Waals surface area contributed by atoms with Gasteiger partial charge in [-0.05, 0) is 82.5 Å². The number of rotatable bonds is 9. The third kappa shape index (κ3) is 7.89. The average molecular weight is 530 g/mol. The smallest absolute Gasteiger partial charge is 0.191 e. The Morgan fingerprint density at radius 1 is 1.00 bits per heavy atom. The molecule has 0 bridgehead atoms. The third-order valence-electron chi connectivity index (χ3n) is 6.16. The molecule has 170 valence electrons. The zero-order valence-corrected chi connectivity index (χ0v) is 21.1. The molecule has 0 amide bonds. The van der Waals surface area contributed by atoms with Crippen LogP contribution in [0.15, 0.2) is 29.3 Å². The molecular formula is C23H40IN5O. The minimum atomic E-state index is 0. The quantitative estimate of drug-likeness (QED) is 0.222. The SMILES string of the molecule is CN=C(NCCCN1CCCC1)NCC(c1ccc(OC)cc1)N1CCCCC1.I. The van der Waals surface area contributed by atoms with Crippen molar-refractivity contribution in [1.29, 1.82) is 0 Å². The lowest BCUT2D eigenvalue weighted by atomic mass is 10.0. The summed E-state index contributed by atoms with van der Waals surface area (Å²) in [6.07, 6.45) is 7.81. The normalized spacial score (nSPS) is 19.2. The van der Waals surface area contributed by atoms with Gasteiger partial charge in [0.05, 0.1) is 13.2 Å². The van der Waals surface area contributed by atoms with Crippen molar-refractivity contribution in [2.75, 3.05) is 60.0 Å². The molecule has 0 spiro atoms. The molecule has 0 aromatic heterocycles. The number of aliphatic imine (C=N–C) groups is 1. The topological polar surface area (TPSA) is 52.1 Å². The van der Waals surface area contributed by atoms with Gasteiger partial charge in [0.15, 0.2) is 5.96 Å². The number of likely N-dealkylation sites (tertiary alicyclic amines) is 2. The standard InChI is InChI=1S/C23H39N5O.HI/c1-24-23(25-13-8-16-27-14-6-7-15-27)26-19-22(28-17-4-3-5-18-28)20-9-11-21(29-2)12-10-20;/h9-12,22H,3-8,13-19H2,1-2H3,(H2,24,25,26);1H. The van der Waals surface area contributed by atoms with Crippen molar-refractivity contribution in [3.05, 3.63) is 29.8 Å². The lowest BCUT2D eigenvalue weighted by molar-refractivity contribution is 0.164. The maximum Gasteiger partial charge on any atom is 0.191 e. The molecule has 0 aliphatic carbocycles. The van der Waals surface area contributed by atoms with Gasteiger partial charge in [-0.15, -0.1) is 24.0 Å². The summed E-state index contributed by atoms with van der Waals surface area (Å²) in [6.45, 7) is 7.89. The minimum Gasteiger partial charge on any atom is -0.497 e. The van der Waals surface area contributed by atoms with Gasteiger partial charge in [-0.3, -0.25) is 9.89 Å². The molecule has 30 heavy (non-hydrogen) atoms. The van der Waals surface area contributed by atoms with E-state index in [2.05, 4.69) is 49.7 Å². The van der Waals surface area contributed by atoms with Gasteiger partial charge in [-0.25, -0.2) is 0 Å². The van der Waals surface area contributed by atoms with Crippen LogP contribution in [-0.2, 0) is 0 Å². The van der Waals surface area contributed by atoms with E-state index in [0.29, 0.717) is 6.04 Å². The largest absolute Gasteiger partial charge is 0.497 e. The molecule has 2 fully saturated rings. The Morgan fingerprint density at radius 2 is 1.67 bits per heavy atom. The first-order valence-corrected chi connectivity index (χ1v) is 11.3. The first kappa shape index (κ1) is 25.2. The molecule has 3 rings (SSSR count). The molecule has 2 heterocycles. The average Bonchev–Trinajstić information content (AvgIpc) is 3.30. The van der Waals surface area contributed by atoms with Gasteiger partial charge in [0, 0.05) is 20.1 Å². The van der Waals surface area contributed by atoms with E-state index in [1.54, 1.807) is 7.11 Å². The Bertz CT molecular complexity index is 613. The number of hydrogen-bond acceptors (Lipinski definition) is 4. The van der Waals surface area contributed by atoms with Crippen LogP contribution in [-0.4, -0.2) is 75.7 Å². The van der Waals surface area contributed by atoms with Crippen molar-refractivity contribution in [1.82, 2.24) is 20.4 Å². The minimum absolute atomic E-state index is 0. The van der Waals surface area contributed by atoms with Crippen LogP contribution in [0.3, 0.4) is 0 Å². The molecule has 1 atom stereocenters. The molecule has 7 heteroatoms. The van der Waals surface area contributed by atoms with Crippen LogP contribution in [0.4, 0.5) is 0 Å². The van der Waals surface area contributed by atoms with E-state index >= 15 is 0 Å². The van der Waals surface area contributed by atoms with E-state index in [-0.39, 0.29) is 24.0 Å². The summed E-state index contributed by atoms with van der Waals surface area (Å²) in [5.74, 6) is 1.82. The summed E-state index contributed by atoms with van der Waals surface area (Å²) in [6, 6.07) is 8.89. The highest BCUT2D eigenvalue weighted by Crippen LogP contribution is 2.25. The van der Waals surface area contributed by atoms with E-state index in [9.17, 15) is 0 Å². The number of ether oxygens (including phenoxy) is 1. The highest BCUT2D eigenvalue weighted by molar-refractivity contribution is 14.0. The van der Waals surface area contributed by atoms with Crippen molar-refractivity contribution >= 4 is 29.9 Å². The van der Waals surface area contributed by atoms with E-state index in [1.807, 2.05) is 7.05 Å². The van der Waals surface area contributed by atoms with Gasteiger partial charge < -0.3 is 20.3 Å². The highest BCUT2D eigenvalue weighted by Gasteiger charge is 2.22. The molecule has 2 saturated heterocycles. The first-order valence-electron chi connectivity index (χ1n) is 11.3. The number of methoxy groups -OCH3 is 1. The summed E-state index contributed by atoms with van der Waals surface area (Å²) < 4.78 is 5.34. The maximum atomic E-state index is 5.34. The summed E-state index contributed by atoms with van der Waals surface area (Å²) in [5.41, 5.74) is 1.34.